The van der Waals surface area contributed by atoms with Crippen LogP contribution < -0.4 is 5.32 Å². The van der Waals surface area contributed by atoms with Crippen LogP contribution in [-0.4, -0.2) is 19.4 Å². The molecule has 48 valence electrons. The molecular formula is C6H13NO. The number of hydrogen-bond donors (Lipinski definition) is 1. The SMILES string of the molecule is COC1CCC(C)N1. The third-order valence-electron chi connectivity index (χ3n) is 1.62. The quantitative estimate of drug-likeness (QED) is 0.544. The van der Waals surface area contributed by atoms with E-state index in [-0.39, 0.29) is 0 Å². The molecule has 0 saturated carbocycles. The van der Waals surface area contributed by atoms with Gasteiger partial charge in [0.25, 0.3) is 0 Å². The summed E-state index contributed by atoms with van der Waals surface area (Å²) in [5.74, 6) is 0. The molecule has 1 saturated heterocycles. The molecule has 0 aromatic carbocycles. The lowest BCUT2D eigenvalue weighted by molar-refractivity contribution is 0.0879. The van der Waals surface area contributed by atoms with E-state index in [4.69, 9.17) is 4.74 Å². The molecule has 0 bridgehead atoms. The molecule has 1 aliphatic rings. The molecule has 2 nitrogen and oxygen atoms in total. The second kappa shape index (κ2) is 2.46. The number of hydrogen-bond acceptors (Lipinski definition) is 2. The minimum absolute atomic E-state index is 0.324. The topological polar surface area (TPSA) is 21.3 Å². The van der Waals surface area contributed by atoms with Crippen molar-refractivity contribution in [2.45, 2.75) is 32.0 Å². The first-order valence-electron chi connectivity index (χ1n) is 3.12. The van der Waals surface area contributed by atoms with Crippen molar-refractivity contribution in [3.05, 3.63) is 0 Å². The summed E-state index contributed by atoms with van der Waals surface area (Å²) in [6.07, 6.45) is 2.74. The maximum absolute atomic E-state index is 5.07. The van der Waals surface area contributed by atoms with E-state index >= 15 is 0 Å². The molecule has 8 heavy (non-hydrogen) atoms. The smallest absolute Gasteiger partial charge is 0.107 e. The molecular weight excluding hydrogens is 102 g/mol. The zero-order valence-electron chi connectivity index (χ0n) is 5.48. The van der Waals surface area contributed by atoms with Crippen molar-refractivity contribution in [2.75, 3.05) is 7.11 Å². The van der Waals surface area contributed by atoms with Gasteiger partial charge >= 0.3 is 0 Å². The van der Waals surface area contributed by atoms with E-state index in [9.17, 15) is 0 Å². The minimum Gasteiger partial charge on any atom is -0.367 e. The maximum atomic E-state index is 5.07. The summed E-state index contributed by atoms with van der Waals surface area (Å²) in [7, 11) is 1.75. The average Bonchev–Trinajstić information content (AvgIpc) is 2.14. The fourth-order valence-electron chi connectivity index (χ4n) is 1.07. The molecule has 1 rings (SSSR count). The highest BCUT2D eigenvalue weighted by atomic mass is 16.5. The van der Waals surface area contributed by atoms with E-state index in [1.165, 1.54) is 6.42 Å². The summed E-state index contributed by atoms with van der Waals surface area (Å²) in [4.78, 5) is 0. The van der Waals surface area contributed by atoms with Gasteiger partial charge in [-0.15, -0.1) is 0 Å². The Labute approximate surface area is 50.2 Å². The summed E-state index contributed by atoms with van der Waals surface area (Å²) >= 11 is 0. The molecule has 0 radical (unpaired) electrons. The number of nitrogens with one attached hydrogen (secondary N) is 1. The summed E-state index contributed by atoms with van der Waals surface area (Å²) in [5, 5.41) is 3.28. The van der Waals surface area contributed by atoms with Crippen LogP contribution in [0.5, 0.6) is 0 Å². The third-order valence-corrected chi connectivity index (χ3v) is 1.62. The minimum atomic E-state index is 0.324. The molecule has 1 aliphatic heterocycles. The van der Waals surface area contributed by atoms with Gasteiger partial charge in [0.05, 0.1) is 0 Å². The predicted octanol–water partition coefficient (Wildman–Crippen LogP) is 0.731. The largest absolute Gasteiger partial charge is 0.367 e. The second-order valence-electron chi connectivity index (χ2n) is 2.37. The van der Waals surface area contributed by atoms with Gasteiger partial charge in [0.15, 0.2) is 0 Å². The van der Waals surface area contributed by atoms with Gasteiger partial charge in [-0.25, -0.2) is 0 Å². The van der Waals surface area contributed by atoms with Crippen molar-refractivity contribution >= 4 is 0 Å². The Bertz CT molecular complexity index is 74.9. The third kappa shape index (κ3) is 1.20. The highest BCUT2D eigenvalue weighted by Gasteiger charge is 2.18. The Morgan fingerprint density at radius 1 is 1.50 bits per heavy atom. The van der Waals surface area contributed by atoms with Crippen molar-refractivity contribution in [1.82, 2.24) is 5.32 Å². The van der Waals surface area contributed by atoms with Crippen LogP contribution in [0, 0.1) is 0 Å². The van der Waals surface area contributed by atoms with Crippen molar-refractivity contribution in [3.8, 4) is 0 Å². The van der Waals surface area contributed by atoms with Gasteiger partial charge in [-0.2, -0.15) is 0 Å². The fourth-order valence-corrected chi connectivity index (χ4v) is 1.07. The number of rotatable bonds is 1. The van der Waals surface area contributed by atoms with Crippen LogP contribution in [0.25, 0.3) is 0 Å². The van der Waals surface area contributed by atoms with Crippen molar-refractivity contribution in [2.24, 2.45) is 0 Å². The van der Waals surface area contributed by atoms with Crippen LogP contribution >= 0.6 is 0 Å². The fraction of sp³-hybridized carbons (Fsp3) is 1.00. The molecule has 1 heterocycles. The molecule has 2 unspecified atom stereocenters. The first kappa shape index (κ1) is 6.05. The van der Waals surface area contributed by atoms with Crippen LogP contribution in [0.2, 0.25) is 0 Å². The lowest BCUT2D eigenvalue weighted by atomic mass is 10.2. The zero-order valence-corrected chi connectivity index (χ0v) is 5.48. The Morgan fingerprint density at radius 2 is 2.25 bits per heavy atom. The van der Waals surface area contributed by atoms with Crippen molar-refractivity contribution in [1.29, 1.82) is 0 Å². The Morgan fingerprint density at radius 3 is 2.50 bits per heavy atom. The lowest BCUT2D eigenvalue weighted by Gasteiger charge is -2.07. The Kier molecular flexibility index (Phi) is 1.86. The van der Waals surface area contributed by atoms with E-state index in [2.05, 4.69) is 12.2 Å². The highest BCUT2D eigenvalue weighted by Crippen LogP contribution is 2.10. The molecule has 0 amide bonds. The summed E-state index contributed by atoms with van der Waals surface area (Å²) in [5.41, 5.74) is 0. The van der Waals surface area contributed by atoms with Gasteiger partial charge in [0, 0.05) is 13.2 Å². The van der Waals surface area contributed by atoms with Gasteiger partial charge in [-0.05, 0) is 19.8 Å². The monoisotopic (exact) mass is 115 g/mol. The second-order valence-corrected chi connectivity index (χ2v) is 2.37. The summed E-state index contributed by atoms with van der Waals surface area (Å²) < 4.78 is 5.07. The zero-order chi connectivity index (χ0) is 5.98. The Balaban J connectivity index is 2.22. The lowest BCUT2D eigenvalue weighted by Crippen LogP contribution is -2.28. The van der Waals surface area contributed by atoms with E-state index < -0.39 is 0 Å². The molecule has 1 fully saturated rings. The average molecular weight is 115 g/mol. The Hall–Kier alpha value is -0.0800. The molecule has 0 spiro atoms. The number of ether oxygens (including phenoxy) is 1. The van der Waals surface area contributed by atoms with Gasteiger partial charge in [0.2, 0.25) is 0 Å². The van der Waals surface area contributed by atoms with E-state index in [1.807, 2.05) is 0 Å². The van der Waals surface area contributed by atoms with E-state index in [0.717, 1.165) is 6.42 Å². The molecule has 2 atom stereocenters. The van der Waals surface area contributed by atoms with Crippen LogP contribution in [0.1, 0.15) is 19.8 Å². The van der Waals surface area contributed by atoms with Crippen molar-refractivity contribution in [3.63, 3.8) is 0 Å². The van der Waals surface area contributed by atoms with Gasteiger partial charge < -0.3 is 4.74 Å². The number of methoxy groups -OCH3 is 1. The van der Waals surface area contributed by atoms with Crippen LogP contribution in [-0.2, 0) is 4.74 Å². The highest BCUT2D eigenvalue weighted by molar-refractivity contribution is 4.73. The van der Waals surface area contributed by atoms with E-state index in [1.54, 1.807) is 7.11 Å². The standard InChI is InChI=1S/C6H13NO/c1-5-3-4-6(7-5)8-2/h5-7H,3-4H2,1-2H3. The molecule has 2 heteroatoms. The predicted molar refractivity (Wildman–Crippen MR) is 32.6 cm³/mol. The normalized spacial score (nSPS) is 38.2. The van der Waals surface area contributed by atoms with Gasteiger partial charge in [-0.3, -0.25) is 5.32 Å². The summed E-state index contributed by atoms with van der Waals surface area (Å²) in [6, 6.07) is 0.653. The first-order chi connectivity index (χ1) is 3.83. The molecule has 0 aromatic heterocycles. The van der Waals surface area contributed by atoms with Crippen LogP contribution in [0.4, 0.5) is 0 Å². The molecule has 1 N–H and O–H groups in total. The van der Waals surface area contributed by atoms with Gasteiger partial charge in [-0.1, -0.05) is 0 Å². The molecule has 0 aliphatic carbocycles. The van der Waals surface area contributed by atoms with E-state index in [0.29, 0.717) is 12.3 Å². The van der Waals surface area contributed by atoms with Crippen molar-refractivity contribution < 1.29 is 4.74 Å². The van der Waals surface area contributed by atoms with Gasteiger partial charge in [0.1, 0.15) is 6.23 Å². The summed E-state index contributed by atoms with van der Waals surface area (Å²) in [6.45, 7) is 2.18. The molecule has 0 aromatic rings. The van der Waals surface area contributed by atoms with Crippen LogP contribution in [0.3, 0.4) is 0 Å². The first-order valence-corrected chi connectivity index (χ1v) is 3.12. The van der Waals surface area contributed by atoms with Crippen LogP contribution in [0.15, 0.2) is 0 Å². The maximum Gasteiger partial charge on any atom is 0.107 e.